The van der Waals surface area contributed by atoms with Gasteiger partial charge in [-0.2, -0.15) is 0 Å². The van der Waals surface area contributed by atoms with Crippen molar-refractivity contribution in [3.8, 4) is 22.6 Å². The maximum atomic E-state index is 12.7. The Labute approximate surface area is 263 Å². The molecule has 12 heteroatoms. The van der Waals surface area contributed by atoms with E-state index in [0.717, 1.165) is 22.3 Å². The predicted molar refractivity (Wildman–Crippen MR) is 174 cm³/mol. The number of hydrogen-bond donors (Lipinski definition) is 3. The van der Waals surface area contributed by atoms with Crippen molar-refractivity contribution in [2.45, 2.75) is 49.3 Å². The van der Waals surface area contributed by atoms with Crippen LogP contribution in [0.1, 0.15) is 50.7 Å². The van der Waals surface area contributed by atoms with Crippen LogP contribution in [0.4, 0.5) is 10.5 Å². The molecule has 0 unspecified atom stereocenters. The number of carbonyl (C=O) groups is 1. The number of rotatable bonds is 8. The molecule has 0 aliphatic heterocycles. The Hall–Kier alpha value is -4.65. The van der Waals surface area contributed by atoms with Gasteiger partial charge in [0.15, 0.2) is 0 Å². The summed E-state index contributed by atoms with van der Waals surface area (Å²) in [6, 6.07) is 24.5. The molecule has 0 aliphatic carbocycles. The molecule has 2 amide bonds. The molecule has 0 spiro atoms. The topological polar surface area (TPSA) is 162 Å². The fourth-order valence-corrected chi connectivity index (χ4v) is 5.93. The largest absolute Gasteiger partial charge is 0.464 e. The van der Waals surface area contributed by atoms with Gasteiger partial charge in [-0.1, -0.05) is 45.9 Å². The maximum Gasteiger partial charge on any atom is 0.333 e. The lowest BCUT2D eigenvalue weighted by Crippen LogP contribution is -2.35. The first-order chi connectivity index (χ1) is 21.3. The molecule has 0 aliphatic rings. The highest BCUT2D eigenvalue weighted by Gasteiger charge is 2.21. The fraction of sp³-hybridized carbons (Fsp3) is 0.182. The minimum atomic E-state index is -4.02. The second-order valence-corrected chi connectivity index (χ2v) is 14.0. The lowest BCUT2D eigenvalue weighted by Gasteiger charge is -2.20. The van der Waals surface area contributed by atoms with Crippen LogP contribution in [0.5, 0.6) is 0 Å². The molecule has 2 heterocycles. The average molecular weight is 650 g/mol. The molecule has 0 radical (unpaired) electrons. The van der Waals surface area contributed by atoms with Crippen LogP contribution >= 0.6 is 0 Å². The van der Waals surface area contributed by atoms with Crippen LogP contribution in [-0.4, -0.2) is 22.9 Å². The first kappa shape index (κ1) is 33.2. The number of sulfonamides is 2. The van der Waals surface area contributed by atoms with Crippen molar-refractivity contribution < 1.29 is 30.5 Å². The summed E-state index contributed by atoms with van der Waals surface area (Å²) in [5.41, 5.74) is 4.12. The Kier molecular flexibility index (Phi) is 10.3. The Morgan fingerprint density at radius 2 is 1.09 bits per heavy atom. The predicted octanol–water partition coefficient (Wildman–Crippen LogP) is 7.30. The highest BCUT2D eigenvalue weighted by atomic mass is 32.2. The van der Waals surface area contributed by atoms with Crippen LogP contribution in [-0.2, 0) is 20.0 Å². The first-order valence-electron chi connectivity index (χ1n) is 14.0. The second kappa shape index (κ2) is 14.0. The minimum Gasteiger partial charge on any atom is -0.464 e. The van der Waals surface area contributed by atoms with E-state index >= 15 is 0 Å². The number of hydrogen-bond acceptors (Lipinski definition) is 7. The van der Waals surface area contributed by atoms with Crippen LogP contribution in [0.25, 0.3) is 22.6 Å². The van der Waals surface area contributed by atoms with Gasteiger partial charge < -0.3 is 14.2 Å². The standard InChI is InChI=1S/C23H26N2O4S.C10H9NO3S/c1-15(2)19-7-5-8-20(16(3)4)22(19)24-23(26)25-30(27,28)18-12-10-17(11-13-18)21-9-6-14-29-21;11-15(12,13)9-5-3-8(4-6-9)10-2-1-7-14-10/h5-16H,1-4H3,(H2,24,25,26);1-7H,(H2,11,12,13). The number of benzene rings is 3. The molecule has 0 saturated carbocycles. The van der Waals surface area contributed by atoms with E-state index in [2.05, 4.69) is 10.0 Å². The van der Waals surface area contributed by atoms with Gasteiger partial charge in [-0.05, 0) is 95.8 Å². The molecule has 10 nitrogen and oxygen atoms in total. The van der Waals surface area contributed by atoms with Crippen LogP contribution < -0.4 is 15.2 Å². The second-order valence-electron chi connectivity index (χ2n) is 10.7. The molecular weight excluding hydrogens is 615 g/mol. The van der Waals surface area contributed by atoms with Gasteiger partial charge in [-0.3, -0.25) is 0 Å². The molecule has 236 valence electrons. The van der Waals surface area contributed by atoms with Gasteiger partial charge in [0, 0.05) is 16.8 Å². The number of furan rings is 2. The van der Waals surface area contributed by atoms with Gasteiger partial charge in [0.05, 0.1) is 22.3 Å². The summed E-state index contributed by atoms with van der Waals surface area (Å²) in [7, 11) is -7.64. The van der Waals surface area contributed by atoms with E-state index < -0.39 is 26.1 Å². The zero-order chi connectivity index (χ0) is 32.8. The summed E-state index contributed by atoms with van der Waals surface area (Å²) >= 11 is 0. The van der Waals surface area contributed by atoms with E-state index in [1.807, 2.05) is 45.9 Å². The summed E-state index contributed by atoms with van der Waals surface area (Å²) in [5, 5.41) is 7.73. The Morgan fingerprint density at radius 3 is 1.47 bits per heavy atom. The quantitative estimate of drug-likeness (QED) is 0.159. The van der Waals surface area contributed by atoms with E-state index in [9.17, 15) is 21.6 Å². The molecule has 5 rings (SSSR count). The number of nitrogens with two attached hydrogens (primary N) is 1. The number of carbonyl (C=O) groups excluding carboxylic acids is 1. The normalized spacial score (nSPS) is 11.6. The highest BCUT2D eigenvalue weighted by Crippen LogP contribution is 2.32. The van der Waals surface area contributed by atoms with Gasteiger partial charge in [0.1, 0.15) is 11.5 Å². The van der Waals surface area contributed by atoms with Crippen molar-refractivity contribution in [1.29, 1.82) is 0 Å². The molecule has 0 fully saturated rings. The van der Waals surface area contributed by atoms with Crippen molar-refractivity contribution in [3.05, 3.63) is 115 Å². The van der Waals surface area contributed by atoms with Crippen LogP contribution in [0.3, 0.4) is 0 Å². The summed E-state index contributed by atoms with van der Waals surface area (Å²) < 4.78 is 59.9. The highest BCUT2D eigenvalue weighted by molar-refractivity contribution is 7.90. The van der Waals surface area contributed by atoms with E-state index in [1.54, 1.807) is 61.1 Å². The lowest BCUT2D eigenvalue weighted by molar-refractivity contribution is 0.256. The summed E-state index contributed by atoms with van der Waals surface area (Å²) in [6.07, 6.45) is 3.11. The summed E-state index contributed by atoms with van der Waals surface area (Å²) in [4.78, 5) is 12.7. The monoisotopic (exact) mass is 649 g/mol. The van der Waals surface area contributed by atoms with Gasteiger partial charge in [-0.25, -0.2) is 31.5 Å². The lowest BCUT2D eigenvalue weighted by atomic mass is 9.93. The number of para-hydroxylation sites is 1. The van der Waals surface area contributed by atoms with E-state index in [0.29, 0.717) is 17.2 Å². The molecular formula is C33H35N3O7S2. The molecule has 3 aromatic carbocycles. The minimum absolute atomic E-state index is 0.00539. The Morgan fingerprint density at radius 1 is 0.644 bits per heavy atom. The van der Waals surface area contributed by atoms with Crippen LogP contribution in [0.15, 0.2) is 122 Å². The SMILES string of the molecule is CC(C)c1cccc(C(C)C)c1NC(=O)NS(=O)(=O)c1ccc(-c2ccco2)cc1.NS(=O)(=O)c1ccc(-c2ccco2)cc1. The van der Waals surface area contributed by atoms with Gasteiger partial charge in [0.25, 0.3) is 10.0 Å². The number of nitrogens with one attached hydrogen (secondary N) is 2. The molecule has 0 saturated heterocycles. The summed E-state index contributed by atoms with van der Waals surface area (Å²) in [5.74, 6) is 1.67. The maximum absolute atomic E-state index is 12.7. The zero-order valence-corrected chi connectivity index (χ0v) is 26.9. The fourth-order valence-electron chi connectivity index (χ4n) is 4.51. The van der Waals surface area contributed by atoms with Crippen LogP contribution in [0.2, 0.25) is 0 Å². The molecule has 0 bridgehead atoms. The van der Waals surface area contributed by atoms with Crippen molar-refractivity contribution >= 4 is 31.8 Å². The summed E-state index contributed by atoms with van der Waals surface area (Å²) in [6.45, 7) is 8.11. The molecule has 5 aromatic rings. The third-order valence-electron chi connectivity index (χ3n) is 6.80. The number of anilines is 1. The van der Waals surface area contributed by atoms with Crippen molar-refractivity contribution in [1.82, 2.24) is 4.72 Å². The van der Waals surface area contributed by atoms with Crippen LogP contribution in [0, 0.1) is 0 Å². The Balaban J connectivity index is 0.000000256. The van der Waals surface area contributed by atoms with E-state index in [-0.39, 0.29) is 21.6 Å². The van der Waals surface area contributed by atoms with Crippen molar-refractivity contribution in [2.75, 3.05) is 5.32 Å². The number of amides is 2. The van der Waals surface area contributed by atoms with Crippen molar-refractivity contribution in [2.24, 2.45) is 5.14 Å². The van der Waals surface area contributed by atoms with E-state index in [4.69, 9.17) is 14.0 Å². The average Bonchev–Trinajstić information content (AvgIpc) is 3.72. The van der Waals surface area contributed by atoms with Gasteiger partial charge in [-0.15, -0.1) is 0 Å². The van der Waals surface area contributed by atoms with Crippen molar-refractivity contribution in [3.63, 3.8) is 0 Å². The zero-order valence-electron chi connectivity index (χ0n) is 25.2. The number of primary sulfonamides is 1. The van der Waals surface area contributed by atoms with E-state index in [1.165, 1.54) is 24.3 Å². The third kappa shape index (κ3) is 8.50. The molecule has 4 N–H and O–H groups in total. The third-order valence-corrected chi connectivity index (χ3v) is 9.07. The Bertz CT molecular complexity index is 1910. The molecule has 0 atom stereocenters. The van der Waals surface area contributed by atoms with Gasteiger partial charge in [0.2, 0.25) is 10.0 Å². The number of urea groups is 1. The first-order valence-corrected chi connectivity index (χ1v) is 17.1. The molecule has 45 heavy (non-hydrogen) atoms. The molecule has 2 aromatic heterocycles. The smallest absolute Gasteiger partial charge is 0.333 e. The van der Waals surface area contributed by atoms with Gasteiger partial charge >= 0.3 is 6.03 Å².